The highest BCUT2D eigenvalue weighted by Crippen LogP contribution is 2.36. The van der Waals surface area contributed by atoms with Gasteiger partial charge in [0.2, 0.25) is 0 Å². The number of rotatable bonds is 1. The second kappa shape index (κ2) is 4.81. The fraction of sp³-hybridized carbons (Fsp3) is 0.154. The van der Waals surface area contributed by atoms with Crippen molar-refractivity contribution in [2.75, 3.05) is 0 Å². The number of halogens is 6. The molecule has 1 nitrogen and oxygen atoms in total. The minimum atomic E-state index is -5.13. The van der Waals surface area contributed by atoms with Crippen molar-refractivity contribution in [1.29, 1.82) is 0 Å². The smallest absolute Gasteiger partial charge is 0.256 e. The van der Waals surface area contributed by atoms with E-state index in [9.17, 15) is 26.3 Å². The lowest BCUT2D eigenvalue weighted by atomic mass is 10.0. The van der Waals surface area contributed by atoms with Gasteiger partial charge in [-0.15, -0.1) is 0 Å². The molecule has 1 aromatic heterocycles. The first kappa shape index (κ1) is 14.4. The Kier molecular flexibility index (Phi) is 3.45. The van der Waals surface area contributed by atoms with Crippen LogP contribution in [0.15, 0.2) is 24.4 Å². The third-order valence-electron chi connectivity index (χ3n) is 2.64. The number of pyridine rings is 1. The molecule has 0 radical (unpaired) electrons. The molecule has 0 unspecified atom stereocenters. The van der Waals surface area contributed by atoms with Crippen LogP contribution in [0.25, 0.3) is 11.3 Å². The molecule has 0 N–H and O–H groups in total. The van der Waals surface area contributed by atoms with Crippen molar-refractivity contribution in [2.45, 2.75) is 13.1 Å². The fourth-order valence-electron chi connectivity index (χ4n) is 1.68. The molecule has 2 rings (SSSR count). The van der Waals surface area contributed by atoms with E-state index in [0.29, 0.717) is 5.56 Å². The maximum Gasteiger partial charge on any atom is 0.419 e. The summed E-state index contributed by atoms with van der Waals surface area (Å²) in [5.41, 5.74) is -2.21. The van der Waals surface area contributed by atoms with E-state index in [4.69, 9.17) is 0 Å². The quantitative estimate of drug-likeness (QED) is 0.557. The number of alkyl halides is 3. The van der Waals surface area contributed by atoms with Crippen LogP contribution in [0.1, 0.15) is 11.1 Å². The van der Waals surface area contributed by atoms with Gasteiger partial charge in [0.15, 0.2) is 17.5 Å². The molecule has 7 heteroatoms. The summed E-state index contributed by atoms with van der Waals surface area (Å²) in [5.74, 6) is -6.13. The Morgan fingerprint density at radius 3 is 2.15 bits per heavy atom. The lowest BCUT2D eigenvalue weighted by Gasteiger charge is -2.12. The zero-order valence-electron chi connectivity index (χ0n) is 10.0. The van der Waals surface area contributed by atoms with Crippen molar-refractivity contribution >= 4 is 0 Å². The Bertz CT molecular complexity index is 663. The summed E-state index contributed by atoms with van der Waals surface area (Å²) >= 11 is 0. The Labute approximate surface area is 109 Å². The lowest BCUT2D eigenvalue weighted by Crippen LogP contribution is -2.12. The lowest BCUT2D eigenvalue weighted by molar-refractivity contribution is -0.140. The second-order valence-electron chi connectivity index (χ2n) is 4.13. The Balaban J connectivity index is 2.75. The number of aromatic nitrogens is 1. The van der Waals surface area contributed by atoms with Crippen molar-refractivity contribution in [3.63, 3.8) is 0 Å². The van der Waals surface area contributed by atoms with E-state index in [2.05, 4.69) is 4.98 Å². The Morgan fingerprint density at radius 1 is 0.950 bits per heavy atom. The molecule has 1 heterocycles. The van der Waals surface area contributed by atoms with E-state index in [-0.39, 0.29) is 11.8 Å². The van der Waals surface area contributed by atoms with Gasteiger partial charge in [0.25, 0.3) is 0 Å². The largest absolute Gasteiger partial charge is 0.419 e. The first-order chi connectivity index (χ1) is 9.21. The van der Waals surface area contributed by atoms with Crippen LogP contribution in [0.4, 0.5) is 26.3 Å². The molecule has 0 aliphatic heterocycles. The van der Waals surface area contributed by atoms with Crippen LogP contribution in [-0.2, 0) is 6.18 Å². The molecule has 20 heavy (non-hydrogen) atoms. The maximum atomic E-state index is 13.6. The summed E-state index contributed by atoms with van der Waals surface area (Å²) in [5, 5.41) is 0. The van der Waals surface area contributed by atoms with Crippen molar-refractivity contribution in [3.8, 4) is 11.3 Å². The highest BCUT2D eigenvalue weighted by Gasteiger charge is 2.37. The molecule has 0 saturated carbocycles. The van der Waals surface area contributed by atoms with Crippen LogP contribution in [0.5, 0.6) is 0 Å². The zero-order valence-corrected chi connectivity index (χ0v) is 10.0. The minimum Gasteiger partial charge on any atom is -0.256 e. The summed E-state index contributed by atoms with van der Waals surface area (Å²) in [6.07, 6.45) is -3.89. The maximum absolute atomic E-state index is 13.6. The summed E-state index contributed by atoms with van der Waals surface area (Å²) in [6, 6.07) is 3.03. The van der Waals surface area contributed by atoms with Crippen molar-refractivity contribution in [2.24, 2.45) is 0 Å². The molecule has 0 spiro atoms. The first-order valence-corrected chi connectivity index (χ1v) is 5.39. The predicted molar refractivity (Wildman–Crippen MR) is 59.3 cm³/mol. The summed E-state index contributed by atoms with van der Waals surface area (Å²) in [7, 11) is 0. The van der Waals surface area contributed by atoms with Crippen LogP contribution >= 0.6 is 0 Å². The number of nitrogens with zero attached hydrogens (tertiary/aromatic N) is 1. The van der Waals surface area contributed by atoms with E-state index >= 15 is 0 Å². The third kappa shape index (κ3) is 2.48. The number of hydrogen-bond donors (Lipinski definition) is 0. The minimum absolute atomic E-state index is 0.202. The van der Waals surface area contributed by atoms with Gasteiger partial charge < -0.3 is 0 Å². The van der Waals surface area contributed by atoms with E-state index in [0.717, 1.165) is 0 Å². The van der Waals surface area contributed by atoms with Gasteiger partial charge in [0, 0.05) is 11.8 Å². The number of aryl methyl sites for hydroxylation is 1. The molecular weight excluding hydrogens is 284 g/mol. The molecule has 0 aliphatic carbocycles. The van der Waals surface area contributed by atoms with Crippen LogP contribution in [0, 0.1) is 24.4 Å². The average Bonchev–Trinajstić information content (AvgIpc) is 2.34. The highest BCUT2D eigenvalue weighted by atomic mass is 19.4. The fourth-order valence-corrected chi connectivity index (χ4v) is 1.68. The summed E-state index contributed by atoms with van der Waals surface area (Å²) in [4.78, 5) is 3.67. The summed E-state index contributed by atoms with van der Waals surface area (Å²) < 4.78 is 77.9. The molecule has 106 valence electrons. The van der Waals surface area contributed by atoms with Gasteiger partial charge in [-0.1, -0.05) is 0 Å². The molecule has 2 aromatic rings. The Morgan fingerprint density at radius 2 is 1.60 bits per heavy atom. The topological polar surface area (TPSA) is 12.9 Å². The van der Waals surface area contributed by atoms with Gasteiger partial charge in [-0.3, -0.25) is 4.98 Å². The van der Waals surface area contributed by atoms with Crippen molar-refractivity contribution < 1.29 is 26.3 Å². The van der Waals surface area contributed by atoms with Gasteiger partial charge in [-0.25, -0.2) is 13.2 Å². The average molecular weight is 291 g/mol. The first-order valence-electron chi connectivity index (χ1n) is 5.39. The summed E-state index contributed by atoms with van der Waals surface area (Å²) in [6.45, 7) is 1.60. The van der Waals surface area contributed by atoms with Gasteiger partial charge in [-0.2, -0.15) is 13.2 Å². The number of benzene rings is 1. The van der Waals surface area contributed by atoms with E-state index in [1.807, 2.05) is 0 Å². The van der Waals surface area contributed by atoms with Crippen LogP contribution in [0.3, 0.4) is 0 Å². The van der Waals surface area contributed by atoms with Crippen molar-refractivity contribution in [3.05, 3.63) is 53.0 Å². The second-order valence-corrected chi connectivity index (χ2v) is 4.13. The molecule has 0 saturated heterocycles. The molecule has 0 aliphatic rings. The van der Waals surface area contributed by atoms with Crippen LogP contribution in [0.2, 0.25) is 0 Å². The van der Waals surface area contributed by atoms with Crippen LogP contribution in [-0.4, -0.2) is 4.98 Å². The molecule has 0 fully saturated rings. The SMILES string of the molecule is Cc1ccnc(-c2cc(C(F)(F)F)c(F)c(F)c2F)c1. The Hall–Kier alpha value is -2.05. The monoisotopic (exact) mass is 291 g/mol. The van der Waals surface area contributed by atoms with E-state index in [1.54, 1.807) is 6.92 Å². The van der Waals surface area contributed by atoms with Gasteiger partial charge >= 0.3 is 6.18 Å². The third-order valence-corrected chi connectivity index (χ3v) is 2.64. The van der Waals surface area contributed by atoms with Gasteiger partial charge in [0.1, 0.15) is 0 Å². The predicted octanol–water partition coefficient (Wildman–Crippen LogP) is 4.49. The van der Waals surface area contributed by atoms with Crippen LogP contribution < -0.4 is 0 Å². The number of hydrogen-bond acceptors (Lipinski definition) is 1. The highest BCUT2D eigenvalue weighted by molar-refractivity contribution is 5.62. The van der Waals surface area contributed by atoms with Crippen molar-refractivity contribution in [1.82, 2.24) is 4.98 Å². The normalized spacial score (nSPS) is 11.8. The molecule has 0 bridgehead atoms. The van der Waals surface area contributed by atoms with E-state index < -0.39 is 34.8 Å². The van der Waals surface area contributed by atoms with Gasteiger partial charge in [-0.05, 0) is 30.7 Å². The molecule has 0 amide bonds. The van der Waals surface area contributed by atoms with Gasteiger partial charge in [0.05, 0.1) is 11.3 Å². The standard InChI is InChI=1S/C13H7F6N/c1-6-2-3-20-9(4-6)7-5-8(13(17,18)19)11(15)12(16)10(7)14/h2-5H,1H3. The zero-order chi connectivity index (χ0) is 15.1. The molecule has 0 atom stereocenters. The molecule has 1 aromatic carbocycles. The molecular formula is C13H7F6N. The van der Waals surface area contributed by atoms with E-state index in [1.165, 1.54) is 18.3 Å².